The van der Waals surface area contributed by atoms with Crippen LogP contribution in [-0.4, -0.2) is 54.6 Å². The Kier molecular flexibility index (Phi) is 4.35. The first-order chi connectivity index (χ1) is 11.7. The van der Waals surface area contributed by atoms with Gasteiger partial charge in [-0.05, 0) is 24.8 Å². The Bertz CT molecular complexity index is 585. The minimum absolute atomic E-state index is 0.0534. The van der Waals surface area contributed by atoms with E-state index >= 15 is 0 Å². The Morgan fingerprint density at radius 2 is 2.04 bits per heavy atom. The quantitative estimate of drug-likeness (QED) is 0.855. The lowest BCUT2D eigenvalue weighted by Gasteiger charge is -2.43. The molecule has 1 saturated carbocycles. The van der Waals surface area contributed by atoms with Gasteiger partial charge in [0.15, 0.2) is 0 Å². The van der Waals surface area contributed by atoms with Crippen molar-refractivity contribution >= 4 is 5.91 Å². The van der Waals surface area contributed by atoms with Crippen LogP contribution in [0.25, 0.3) is 0 Å². The van der Waals surface area contributed by atoms with Crippen LogP contribution in [0.2, 0.25) is 0 Å². The molecule has 2 heterocycles. The van der Waals surface area contributed by atoms with Crippen molar-refractivity contribution in [3.8, 4) is 0 Å². The zero-order chi connectivity index (χ0) is 16.6. The second-order valence-corrected chi connectivity index (χ2v) is 7.96. The molecule has 0 aromatic heterocycles. The van der Waals surface area contributed by atoms with Gasteiger partial charge in [0, 0.05) is 43.6 Å². The normalized spacial score (nSPS) is 29.6. The smallest absolute Gasteiger partial charge is 0.228 e. The molecule has 4 nitrogen and oxygen atoms in total. The molecule has 0 unspecified atom stereocenters. The average Bonchev–Trinajstić information content (AvgIpc) is 3.39. The first-order valence-electron chi connectivity index (χ1n) is 9.31. The Labute approximate surface area is 144 Å². The van der Waals surface area contributed by atoms with E-state index in [2.05, 4.69) is 47.1 Å². The monoisotopic (exact) mass is 328 g/mol. The van der Waals surface area contributed by atoms with Gasteiger partial charge in [-0.15, -0.1) is 0 Å². The number of fused-ring (bicyclic) bond motifs is 1. The number of rotatable bonds is 3. The lowest BCUT2D eigenvalue weighted by atomic mass is 9.90. The number of ether oxygens (including phenoxy) is 1. The van der Waals surface area contributed by atoms with Crippen LogP contribution in [0.1, 0.15) is 31.7 Å². The summed E-state index contributed by atoms with van der Waals surface area (Å²) in [5, 5.41) is 0. The number of benzene rings is 1. The van der Waals surface area contributed by atoms with E-state index in [9.17, 15) is 4.79 Å². The number of likely N-dealkylation sites (tertiary alicyclic amines) is 1. The van der Waals surface area contributed by atoms with Crippen LogP contribution in [0, 0.1) is 11.3 Å². The molecule has 4 heteroatoms. The van der Waals surface area contributed by atoms with E-state index in [1.807, 2.05) is 0 Å². The molecule has 1 aliphatic carbocycles. The lowest BCUT2D eigenvalue weighted by Crippen LogP contribution is -2.53. The van der Waals surface area contributed by atoms with Crippen LogP contribution in [0.15, 0.2) is 30.3 Å². The molecule has 2 atom stereocenters. The molecule has 1 aromatic rings. The molecule has 3 fully saturated rings. The van der Waals surface area contributed by atoms with Gasteiger partial charge in [-0.2, -0.15) is 0 Å². The van der Waals surface area contributed by atoms with Gasteiger partial charge in [0.2, 0.25) is 5.91 Å². The highest BCUT2D eigenvalue weighted by molar-refractivity contribution is 5.85. The standard InChI is InChI=1S/C20H28N2O2/c1-20(8-9-20)19(23)22-10-7-18-17(14-22)15-24-12-11-21(18)13-16-5-3-2-4-6-16/h2-6,17-18H,7-15H2,1H3/t17-,18-/m1/s1. The number of piperidine rings is 1. The molecule has 1 amide bonds. The molecule has 0 N–H and O–H groups in total. The summed E-state index contributed by atoms with van der Waals surface area (Å²) >= 11 is 0. The molecule has 3 aliphatic rings. The molecule has 0 spiro atoms. The van der Waals surface area contributed by atoms with Crippen molar-refractivity contribution in [1.29, 1.82) is 0 Å². The molecule has 130 valence electrons. The van der Waals surface area contributed by atoms with E-state index in [1.54, 1.807) is 0 Å². The summed E-state index contributed by atoms with van der Waals surface area (Å²) in [6.45, 7) is 7.44. The highest BCUT2D eigenvalue weighted by atomic mass is 16.5. The van der Waals surface area contributed by atoms with E-state index in [1.165, 1.54) is 5.56 Å². The SMILES string of the molecule is CC1(C(=O)N2CC[C@@H]3[C@@H](COCCN3Cc3ccccc3)C2)CC1. The van der Waals surface area contributed by atoms with Crippen molar-refractivity contribution in [3.63, 3.8) is 0 Å². The fraction of sp³-hybridized carbons (Fsp3) is 0.650. The Morgan fingerprint density at radius 3 is 2.79 bits per heavy atom. The highest BCUT2D eigenvalue weighted by Gasteiger charge is 2.48. The van der Waals surface area contributed by atoms with E-state index in [0.717, 1.165) is 58.7 Å². The summed E-state index contributed by atoms with van der Waals surface area (Å²) in [6.07, 6.45) is 3.20. The summed E-state index contributed by atoms with van der Waals surface area (Å²) in [5.74, 6) is 0.816. The molecule has 2 aliphatic heterocycles. The van der Waals surface area contributed by atoms with E-state index in [-0.39, 0.29) is 5.41 Å². The molecule has 1 aromatic carbocycles. The zero-order valence-corrected chi connectivity index (χ0v) is 14.6. The summed E-state index contributed by atoms with van der Waals surface area (Å²) < 4.78 is 5.88. The van der Waals surface area contributed by atoms with Crippen LogP contribution < -0.4 is 0 Å². The highest BCUT2D eigenvalue weighted by Crippen LogP contribution is 2.47. The number of hydrogen-bond donors (Lipinski definition) is 0. The average molecular weight is 328 g/mol. The van der Waals surface area contributed by atoms with Crippen molar-refractivity contribution < 1.29 is 9.53 Å². The molecular weight excluding hydrogens is 300 g/mol. The van der Waals surface area contributed by atoms with Crippen LogP contribution in [0.3, 0.4) is 0 Å². The van der Waals surface area contributed by atoms with Gasteiger partial charge in [-0.25, -0.2) is 0 Å². The van der Waals surface area contributed by atoms with Crippen molar-refractivity contribution in [1.82, 2.24) is 9.80 Å². The maximum Gasteiger partial charge on any atom is 0.228 e. The lowest BCUT2D eigenvalue weighted by molar-refractivity contribution is -0.139. The van der Waals surface area contributed by atoms with Crippen LogP contribution in [0.4, 0.5) is 0 Å². The van der Waals surface area contributed by atoms with Crippen LogP contribution >= 0.6 is 0 Å². The topological polar surface area (TPSA) is 32.8 Å². The Morgan fingerprint density at radius 1 is 1.25 bits per heavy atom. The number of carbonyl (C=O) groups is 1. The Hall–Kier alpha value is -1.39. The van der Waals surface area contributed by atoms with Gasteiger partial charge < -0.3 is 9.64 Å². The minimum atomic E-state index is -0.0534. The van der Waals surface area contributed by atoms with Crippen molar-refractivity contribution in [2.24, 2.45) is 11.3 Å². The molecule has 4 rings (SSSR count). The molecule has 24 heavy (non-hydrogen) atoms. The number of hydrogen-bond acceptors (Lipinski definition) is 3. The maximum absolute atomic E-state index is 12.7. The summed E-state index contributed by atoms with van der Waals surface area (Å²) in [7, 11) is 0. The third-order valence-electron chi connectivity index (χ3n) is 6.05. The first kappa shape index (κ1) is 16.1. The molecular formula is C20H28N2O2. The number of amides is 1. The van der Waals surface area contributed by atoms with Gasteiger partial charge in [0.1, 0.15) is 0 Å². The van der Waals surface area contributed by atoms with Gasteiger partial charge in [0.25, 0.3) is 0 Å². The van der Waals surface area contributed by atoms with E-state index in [0.29, 0.717) is 17.9 Å². The fourth-order valence-corrected chi connectivity index (χ4v) is 4.23. The Balaban J connectivity index is 1.45. The van der Waals surface area contributed by atoms with Crippen LogP contribution in [-0.2, 0) is 16.1 Å². The van der Waals surface area contributed by atoms with Crippen molar-refractivity contribution in [2.75, 3.05) is 32.8 Å². The molecule has 0 radical (unpaired) electrons. The van der Waals surface area contributed by atoms with Crippen molar-refractivity contribution in [2.45, 2.75) is 38.8 Å². The largest absolute Gasteiger partial charge is 0.380 e. The zero-order valence-electron chi connectivity index (χ0n) is 14.6. The number of nitrogens with zero attached hydrogens (tertiary/aromatic N) is 2. The second kappa shape index (κ2) is 6.49. The first-order valence-corrected chi connectivity index (χ1v) is 9.31. The van der Waals surface area contributed by atoms with Gasteiger partial charge in [-0.3, -0.25) is 9.69 Å². The minimum Gasteiger partial charge on any atom is -0.380 e. The third kappa shape index (κ3) is 3.22. The summed E-state index contributed by atoms with van der Waals surface area (Å²) in [5.41, 5.74) is 1.31. The predicted molar refractivity (Wildman–Crippen MR) is 93.5 cm³/mol. The summed E-state index contributed by atoms with van der Waals surface area (Å²) in [6, 6.07) is 11.2. The molecule has 0 bridgehead atoms. The fourth-order valence-electron chi connectivity index (χ4n) is 4.23. The predicted octanol–water partition coefficient (Wildman–Crippen LogP) is 2.54. The van der Waals surface area contributed by atoms with Gasteiger partial charge in [-0.1, -0.05) is 37.3 Å². The summed E-state index contributed by atoms with van der Waals surface area (Å²) in [4.78, 5) is 17.4. The van der Waals surface area contributed by atoms with E-state index < -0.39 is 0 Å². The van der Waals surface area contributed by atoms with Gasteiger partial charge >= 0.3 is 0 Å². The number of carbonyl (C=O) groups excluding carboxylic acids is 1. The van der Waals surface area contributed by atoms with Crippen molar-refractivity contribution in [3.05, 3.63) is 35.9 Å². The van der Waals surface area contributed by atoms with Crippen LogP contribution in [0.5, 0.6) is 0 Å². The third-order valence-corrected chi connectivity index (χ3v) is 6.05. The van der Waals surface area contributed by atoms with Gasteiger partial charge in [0.05, 0.1) is 13.2 Å². The second-order valence-electron chi connectivity index (χ2n) is 7.96. The molecule has 2 saturated heterocycles. The maximum atomic E-state index is 12.7. The van der Waals surface area contributed by atoms with E-state index in [4.69, 9.17) is 4.74 Å².